The van der Waals surface area contributed by atoms with E-state index in [0.717, 1.165) is 6.92 Å². The third-order valence-corrected chi connectivity index (χ3v) is 5.39. The molecular weight excluding hydrogens is 458 g/mol. The van der Waals surface area contributed by atoms with E-state index in [2.05, 4.69) is 9.72 Å². The lowest BCUT2D eigenvalue weighted by Crippen LogP contribution is -2.60. The van der Waals surface area contributed by atoms with Crippen molar-refractivity contribution in [3.8, 4) is 0 Å². The van der Waals surface area contributed by atoms with E-state index in [1.54, 1.807) is 6.07 Å². The Balaban J connectivity index is 1.87. The highest BCUT2D eigenvalue weighted by Gasteiger charge is 2.76. The van der Waals surface area contributed by atoms with Gasteiger partial charge in [-0.3, -0.25) is 14.6 Å². The molecule has 0 N–H and O–H groups in total. The normalized spacial score (nSPS) is 24.9. The maximum absolute atomic E-state index is 13.8. The molecule has 0 fully saturated rings. The molecule has 2 aliphatic rings. The molecule has 13 heteroatoms. The molecule has 3 atom stereocenters. The minimum atomic E-state index is -6.51. The quantitative estimate of drug-likeness (QED) is 0.340. The number of pyridine rings is 1. The van der Waals surface area contributed by atoms with Gasteiger partial charge in [-0.05, 0) is 17.7 Å². The first-order valence-corrected chi connectivity index (χ1v) is 9.08. The molecule has 1 aromatic heterocycles. The molecule has 3 rings (SSSR count). The van der Waals surface area contributed by atoms with Crippen molar-refractivity contribution in [2.75, 3.05) is 6.61 Å². The van der Waals surface area contributed by atoms with E-state index in [1.165, 1.54) is 24.4 Å². The number of nitrogens with zero attached hydrogens (tertiary/aromatic N) is 1. The van der Waals surface area contributed by atoms with Crippen molar-refractivity contribution >= 4 is 11.9 Å². The van der Waals surface area contributed by atoms with Gasteiger partial charge < -0.3 is 9.47 Å². The minimum absolute atomic E-state index is 0.0458. The summed E-state index contributed by atoms with van der Waals surface area (Å²) in [5.74, 6) is -21.8. The third kappa shape index (κ3) is 3.41. The van der Waals surface area contributed by atoms with Gasteiger partial charge in [-0.2, -0.15) is 26.3 Å². The van der Waals surface area contributed by atoms with Crippen LogP contribution >= 0.6 is 0 Å². The zero-order valence-corrected chi connectivity index (χ0v) is 16.1. The number of alkyl halides is 8. The number of halogens is 8. The second kappa shape index (κ2) is 7.69. The first kappa shape index (κ1) is 23.9. The highest BCUT2D eigenvalue weighted by Crippen LogP contribution is 2.57. The Bertz CT molecular complexity index is 951. The molecule has 0 aliphatic heterocycles. The number of allylic oxidation sites excluding steroid dienone is 1. The van der Waals surface area contributed by atoms with Crippen LogP contribution in [-0.4, -0.2) is 53.8 Å². The largest absolute Gasteiger partial charge is 0.458 e. The third-order valence-electron chi connectivity index (χ3n) is 5.39. The van der Waals surface area contributed by atoms with Crippen LogP contribution in [0.1, 0.15) is 30.5 Å². The standard InChI is InChI=1S/C19H15F8NO4/c1-9(29)32-10-4-5-12-11-3-2-6-28-13(11)16(12,7-10)15(30)31-8-17(22,23)19(26,27)18(24,25)14(20)21/h2-6,10,12,14H,7-8H2,1H3/t10-,12+,16-/m1/s1. The Morgan fingerprint density at radius 2 is 1.84 bits per heavy atom. The SMILES string of the molecule is CC(=O)O[C@@H]1C=C[C@H]2c3cccnc3[C@@]2(C(=O)OCC(F)(F)C(F)(F)C(F)(F)C(F)F)C1. The molecule has 0 saturated carbocycles. The van der Waals surface area contributed by atoms with Crippen LogP contribution < -0.4 is 0 Å². The molecule has 0 aromatic carbocycles. The zero-order valence-electron chi connectivity index (χ0n) is 16.1. The summed E-state index contributed by atoms with van der Waals surface area (Å²) in [6.07, 6.45) is -2.34. The number of hydrogen-bond donors (Lipinski definition) is 0. The Kier molecular flexibility index (Phi) is 5.75. The predicted molar refractivity (Wildman–Crippen MR) is 89.8 cm³/mol. The molecular formula is C19H15F8NO4. The predicted octanol–water partition coefficient (Wildman–Crippen LogP) is 4.02. The fraction of sp³-hybridized carbons (Fsp3) is 0.526. The van der Waals surface area contributed by atoms with Crippen molar-refractivity contribution in [3.63, 3.8) is 0 Å². The Labute approximate surface area is 175 Å². The maximum atomic E-state index is 13.8. The van der Waals surface area contributed by atoms with E-state index in [4.69, 9.17) is 4.74 Å². The molecule has 0 radical (unpaired) electrons. The summed E-state index contributed by atoms with van der Waals surface area (Å²) in [4.78, 5) is 28.0. The summed E-state index contributed by atoms with van der Waals surface area (Å²) in [5.41, 5.74) is -1.28. The van der Waals surface area contributed by atoms with E-state index < -0.39 is 60.2 Å². The van der Waals surface area contributed by atoms with Crippen LogP contribution in [0.5, 0.6) is 0 Å². The smallest absolute Gasteiger partial charge is 0.381 e. The van der Waals surface area contributed by atoms with Gasteiger partial charge >= 0.3 is 36.1 Å². The first-order valence-electron chi connectivity index (χ1n) is 9.08. The molecule has 0 unspecified atom stereocenters. The Hall–Kier alpha value is -2.73. The van der Waals surface area contributed by atoms with Crippen LogP contribution in [0.25, 0.3) is 0 Å². The molecule has 2 aliphatic carbocycles. The lowest BCUT2D eigenvalue weighted by atomic mass is 9.54. The van der Waals surface area contributed by atoms with Crippen molar-refractivity contribution in [2.45, 2.75) is 55.0 Å². The molecule has 32 heavy (non-hydrogen) atoms. The molecule has 0 spiro atoms. The van der Waals surface area contributed by atoms with Gasteiger partial charge in [0.25, 0.3) is 0 Å². The minimum Gasteiger partial charge on any atom is -0.458 e. The van der Waals surface area contributed by atoms with Gasteiger partial charge in [0.2, 0.25) is 0 Å². The van der Waals surface area contributed by atoms with Crippen molar-refractivity contribution in [1.29, 1.82) is 0 Å². The zero-order chi connectivity index (χ0) is 24.1. The number of aromatic nitrogens is 1. The van der Waals surface area contributed by atoms with Crippen LogP contribution in [0.2, 0.25) is 0 Å². The summed E-state index contributed by atoms with van der Waals surface area (Å²) in [5, 5.41) is 0. The van der Waals surface area contributed by atoms with Crippen LogP contribution in [0.3, 0.4) is 0 Å². The second-order valence-electron chi connectivity index (χ2n) is 7.41. The first-order chi connectivity index (χ1) is 14.7. The molecule has 1 heterocycles. The van der Waals surface area contributed by atoms with E-state index >= 15 is 0 Å². The number of esters is 2. The monoisotopic (exact) mass is 473 g/mol. The number of fused-ring (bicyclic) bond motifs is 4. The van der Waals surface area contributed by atoms with Gasteiger partial charge in [-0.25, -0.2) is 8.78 Å². The molecule has 0 amide bonds. The fourth-order valence-electron chi connectivity index (χ4n) is 3.85. The van der Waals surface area contributed by atoms with Gasteiger partial charge in [0.05, 0.1) is 5.69 Å². The van der Waals surface area contributed by atoms with Crippen molar-refractivity contribution in [2.24, 2.45) is 0 Å². The van der Waals surface area contributed by atoms with Crippen molar-refractivity contribution in [3.05, 3.63) is 41.7 Å². The van der Waals surface area contributed by atoms with E-state index in [9.17, 15) is 44.7 Å². The summed E-state index contributed by atoms with van der Waals surface area (Å²) in [6, 6.07) is 3.07. The van der Waals surface area contributed by atoms with Gasteiger partial charge in [-0.1, -0.05) is 12.1 Å². The van der Waals surface area contributed by atoms with Gasteiger partial charge in [0.1, 0.15) is 11.5 Å². The number of carbonyl (C=O) groups is 2. The van der Waals surface area contributed by atoms with Crippen LogP contribution in [0, 0.1) is 0 Å². The average molecular weight is 473 g/mol. The lowest BCUT2D eigenvalue weighted by Gasteiger charge is -2.49. The Morgan fingerprint density at radius 3 is 2.44 bits per heavy atom. The number of rotatable bonds is 7. The maximum Gasteiger partial charge on any atom is 0.381 e. The molecule has 0 bridgehead atoms. The van der Waals surface area contributed by atoms with Gasteiger partial charge in [0.15, 0.2) is 6.61 Å². The van der Waals surface area contributed by atoms with E-state index in [-0.39, 0.29) is 12.1 Å². The topological polar surface area (TPSA) is 65.5 Å². The summed E-state index contributed by atoms with van der Waals surface area (Å²) < 4.78 is 114. The second-order valence-corrected chi connectivity index (χ2v) is 7.41. The summed E-state index contributed by atoms with van der Waals surface area (Å²) in [6.45, 7) is -1.51. The van der Waals surface area contributed by atoms with Crippen molar-refractivity contribution < 1.29 is 54.2 Å². The van der Waals surface area contributed by atoms with Gasteiger partial charge in [-0.15, -0.1) is 0 Å². The van der Waals surface area contributed by atoms with Gasteiger partial charge in [0, 0.05) is 25.5 Å². The molecule has 0 saturated heterocycles. The number of carbonyl (C=O) groups excluding carboxylic acids is 2. The number of hydrogen-bond acceptors (Lipinski definition) is 5. The highest BCUT2D eigenvalue weighted by molar-refractivity contribution is 5.89. The van der Waals surface area contributed by atoms with E-state index in [1.807, 2.05) is 0 Å². The van der Waals surface area contributed by atoms with Crippen molar-refractivity contribution in [1.82, 2.24) is 4.98 Å². The lowest BCUT2D eigenvalue weighted by molar-refractivity contribution is -0.344. The van der Waals surface area contributed by atoms with E-state index in [0.29, 0.717) is 5.56 Å². The average Bonchev–Trinajstić information content (AvgIpc) is 2.69. The highest BCUT2D eigenvalue weighted by atomic mass is 19.4. The fourth-order valence-corrected chi connectivity index (χ4v) is 3.85. The van der Waals surface area contributed by atoms with Crippen LogP contribution in [-0.2, 0) is 24.5 Å². The number of ether oxygens (including phenoxy) is 2. The van der Waals surface area contributed by atoms with Crippen LogP contribution in [0.4, 0.5) is 35.1 Å². The molecule has 1 aromatic rings. The Morgan fingerprint density at radius 1 is 1.19 bits per heavy atom. The molecule has 176 valence electrons. The summed E-state index contributed by atoms with van der Waals surface area (Å²) >= 11 is 0. The van der Waals surface area contributed by atoms with Crippen LogP contribution in [0.15, 0.2) is 30.5 Å². The molecule has 5 nitrogen and oxygen atoms in total. The summed E-state index contributed by atoms with van der Waals surface area (Å²) in [7, 11) is 0.